The van der Waals surface area contributed by atoms with Crippen molar-refractivity contribution in [1.29, 1.82) is 0 Å². The van der Waals surface area contributed by atoms with Crippen LogP contribution in [-0.4, -0.2) is 33.8 Å². The topological polar surface area (TPSA) is 81.5 Å². The van der Waals surface area contributed by atoms with Crippen molar-refractivity contribution in [3.05, 3.63) is 52.9 Å². The first kappa shape index (κ1) is 14.3. The standard InChI is InChI=1S/C17H14N4O3/c1-23-11-7-10(8-12(9-11)24-2)15-19-16-13-5-3-4-6-14(13)18-17(22)21(16)20-15/h3-9H,1-2H3,(H,18,22). The summed E-state index contributed by atoms with van der Waals surface area (Å²) in [5.74, 6) is 1.68. The second-order valence-electron chi connectivity index (χ2n) is 5.25. The molecule has 0 atom stereocenters. The second-order valence-corrected chi connectivity index (χ2v) is 5.25. The number of aromatic amines is 1. The van der Waals surface area contributed by atoms with Gasteiger partial charge in [-0.1, -0.05) is 12.1 Å². The maximum absolute atomic E-state index is 12.2. The van der Waals surface area contributed by atoms with Crippen LogP contribution >= 0.6 is 0 Å². The van der Waals surface area contributed by atoms with Gasteiger partial charge in [0.05, 0.1) is 19.7 Å². The van der Waals surface area contributed by atoms with Gasteiger partial charge >= 0.3 is 5.69 Å². The van der Waals surface area contributed by atoms with E-state index in [-0.39, 0.29) is 5.69 Å². The van der Waals surface area contributed by atoms with Crippen molar-refractivity contribution >= 4 is 16.6 Å². The van der Waals surface area contributed by atoms with Gasteiger partial charge in [-0.3, -0.25) is 0 Å². The largest absolute Gasteiger partial charge is 0.497 e. The fourth-order valence-corrected chi connectivity index (χ4v) is 2.64. The van der Waals surface area contributed by atoms with Crippen LogP contribution < -0.4 is 15.2 Å². The van der Waals surface area contributed by atoms with Gasteiger partial charge in [0, 0.05) is 17.0 Å². The molecule has 0 bridgehead atoms. The van der Waals surface area contributed by atoms with Gasteiger partial charge in [-0.05, 0) is 24.3 Å². The Balaban J connectivity index is 2.00. The quantitative estimate of drug-likeness (QED) is 0.625. The van der Waals surface area contributed by atoms with Crippen LogP contribution in [0.5, 0.6) is 11.5 Å². The van der Waals surface area contributed by atoms with Gasteiger partial charge in [0.15, 0.2) is 11.5 Å². The summed E-state index contributed by atoms with van der Waals surface area (Å²) in [6.45, 7) is 0. The van der Waals surface area contributed by atoms with Crippen molar-refractivity contribution in [3.63, 3.8) is 0 Å². The SMILES string of the molecule is COc1cc(OC)cc(-c2nc3c4ccccc4[nH]c(=O)n3n2)c1. The number of aromatic nitrogens is 4. The number of nitrogens with one attached hydrogen (secondary N) is 1. The van der Waals surface area contributed by atoms with Crippen LogP contribution in [0, 0.1) is 0 Å². The highest BCUT2D eigenvalue weighted by Crippen LogP contribution is 2.28. The molecule has 120 valence electrons. The van der Waals surface area contributed by atoms with Crippen molar-refractivity contribution in [2.45, 2.75) is 0 Å². The highest BCUT2D eigenvalue weighted by Gasteiger charge is 2.13. The maximum Gasteiger partial charge on any atom is 0.348 e. The first-order chi connectivity index (χ1) is 11.7. The predicted molar refractivity (Wildman–Crippen MR) is 89.7 cm³/mol. The molecule has 0 amide bonds. The van der Waals surface area contributed by atoms with E-state index in [1.807, 2.05) is 24.3 Å². The third-order valence-electron chi connectivity index (χ3n) is 3.82. The Hall–Kier alpha value is -3.35. The maximum atomic E-state index is 12.2. The number of fused-ring (bicyclic) bond motifs is 3. The summed E-state index contributed by atoms with van der Waals surface area (Å²) in [4.78, 5) is 19.6. The Morgan fingerprint density at radius 1 is 1.04 bits per heavy atom. The summed E-state index contributed by atoms with van der Waals surface area (Å²) in [5.41, 5.74) is 1.60. The molecule has 1 N–H and O–H groups in total. The molecule has 24 heavy (non-hydrogen) atoms. The highest BCUT2D eigenvalue weighted by molar-refractivity contribution is 5.91. The van der Waals surface area contributed by atoms with Crippen LogP contribution in [0.25, 0.3) is 27.9 Å². The van der Waals surface area contributed by atoms with Crippen LogP contribution in [0.1, 0.15) is 0 Å². The lowest BCUT2D eigenvalue weighted by atomic mass is 10.2. The fraction of sp³-hybridized carbons (Fsp3) is 0.118. The minimum Gasteiger partial charge on any atom is -0.497 e. The number of methoxy groups -OCH3 is 2. The zero-order valence-corrected chi connectivity index (χ0v) is 13.1. The second kappa shape index (κ2) is 5.38. The van der Waals surface area contributed by atoms with E-state index < -0.39 is 0 Å². The van der Waals surface area contributed by atoms with Gasteiger partial charge in [0.1, 0.15) is 11.5 Å². The highest BCUT2D eigenvalue weighted by atomic mass is 16.5. The van der Waals surface area contributed by atoms with E-state index in [0.717, 1.165) is 10.9 Å². The van der Waals surface area contributed by atoms with Gasteiger partial charge in [0.25, 0.3) is 0 Å². The molecule has 4 aromatic rings. The van der Waals surface area contributed by atoms with Gasteiger partial charge in [-0.15, -0.1) is 5.10 Å². The molecule has 0 unspecified atom stereocenters. The Kier molecular flexibility index (Phi) is 3.19. The van der Waals surface area contributed by atoms with Gasteiger partial charge in [0.2, 0.25) is 0 Å². The number of para-hydroxylation sites is 1. The summed E-state index contributed by atoms with van der Waals surface area (Å²) in [7, 11) is 3.15. The fourth-order valence-electron chi connectivity index (χ4n) is 2.64. The number of H-pyrrole nitrogens is 1. The number of nitrogens with zero attached hydrogens (tertiary/aromatic N) is 3. The average molecular weight is 322 g/mol. The van der Waals surface area contributed by atoms with Gasteiger partial charge < -0.3 is 14.5 Å². The predicted octanol–water partition coefficient (Wildman–Crippen LogP) is 2.25. The van der Waals surface area contributed by atoms with Crippen LogP contribution in [0.2, 0.25) is 0 Å². The number of ether oxygens (including phenoxy) is 2. The lowest BCUT2D eigenvalue weighted by Gasteiger charge is -2.05. The molecule has 0 saturated heterocycles. The molecule has 0 radical (unpaired) electrons. The number of hydrogen-bond acceptors (Lipinski definition) is 5. The molecule has 0 saturated carbocycles. The Bertz CT molecular complexity index is 1090. The molecule has 2 heterocycles. The molecular weight excluding hydrogens is 308 g/mol. The smallest absolute Gasteiger partial charge is 0.348 e. The van der Waals surface area contributed by atoms with E-state index in [1.54, 1.807) is 32.4 Å². The van der Waals surface area contributed by atoms with E-state index in [4.69, 9.17) is 9.47 Å². The molecular formula is C17H14N4O3. The minimum absolute atomic E-state index is 0.336. The summed E-state index contributed by atoms with van der Waals surface area (Å²) in [6, 6.07) is 12.8. The molecule has 7 heteroatoms. The third-order valence-corrected chi connectivity index (χ3v) is 3.82. The molecule has 0 aliphatic heterocycles. The monoisotopic (exact) mass is 322 g/mol. The molecule has 2 aromatic carbocycles. The molecule has 2 aromatic heterocycles. The molecule has 0 spiro atoms. The first-order valence-electron chi connectivity index (χ1n) is 7.31. The number of rotatable bonds is 3. The van der Waals surface area contributed by atoms with Gasteiger partial charge in [-0.25, -0.2) is 9.78 Å². The molecule has 0 aliphatic carbocycles. The zero-order chi connectivity index (χ0) is 16.7. The molecule has 7 nitrogen and oxygen atoms in total. The number of benzene rings is 2. The summed E-state index contributed by atoms with van der Waals surface area (Å²) < 4.78 is 11.8. The van der Waals surface area contributed by atoms with Crippen LogP contribution in [-0.2, 0) is 0 Å². The van der Waals surface area contributed by atoms with Crippen molar-refractivity contribution in [1.82, 2.24) is 19.6 Å². The van der Waals surface area contributed by atoms with Crippen LogP contribution in [0.15, 0.2) is 47.3 Å². The average Bonchev–Trinajstić information content (AvgIpc) is 3.08. The van der Waals surface area contributed by atoms with Crippen molar-refractivity contribution in [2.24, 2.45) is 0 Å². The van der Waals surface area contributed by atoms with E-state index in [1.165, 1.54) is 4.52 Å². The Morgan fingerprint density at radius 3 is 2.46 bits per heavy atom. The van der Waals surface area contributed by atoms with Crippen molar-refractivity contribution in [3.8, 4) is 22.9 Å². The molecule has 0 aliphatic rings. The Morgan fingerprint density at radius 2 is 1.75 bits per heavy atom. The van der Waals surface area contributed by atoms with Gasteiger partial charge in [-0.2, -0.15) is 4.52 Å². The van der Waals surface area contributed by atoms with E-state index in [0.29, 0.717) is 28.5 Å². The summed E-state index contributed by atoms with van der Waals surface area (Å²) in [6.07, 6.45) is 0. The molecule has 4 rings (SSSR count). The summed E-state index contributed by atoms with van der Waals surface area (Å²) >= 11 is 0. The van der Waals surface area contributed by atoms with E-state index >= 15 is 0 Å². The minimum atomic E-state index is -0.336. The lowest BCUT2D eigenvalue weighted by molar-refractivity contribution is 0.394. The van der Waals surface area contributed by atoms with E-state index in [9.17, 15) is 4.79 Å². The summed E-state index contributed by atoms with van der Waals surface area (Å²) in [5, 5.41) is 5.16. The van der Waals surface area contributed by atoms with Crippen molar-refractivity contribution < 1.29 is 9.47 Å². The zero-order valence-electron chi connectivity index (χ0n) is 13.1. The first-order valence-corrected chi connectivity index (χ1v) is 7.31. The lowest BCUT2D eigenvalue weighted by Crippen LogP contribution is -2.17. The normalized spacial score (nSPS) is 11.1. The van der Waals surface area contributed by atoms with E-state index in [2.05, 4.69) is 15.1 Å². The Labute approximate surface area is 136 Å². The van der Waals surface area contributed by atoms with Crippen LogP contribution in [0.3, 0.4) is 0 Å². The molecule has 0 fully saturated rings. The van der Waals surface area contributed by atoms with Crippen molar-refractivity contribution in [2.75, 3.05) is 14.2 Å². The third kappa shape index (κ3) is 2.18. The van der Waals surface area contributed by atoms with Crippen LogP contribution in [0.4, 0.5) is 0 Å². The number of hydrogen-bond donors (Lipinski definition) is 1.